The normalized spacial score (nSPS) is 19.2. The van der Waals surface area contributed by atoms with E-state index in [0.29, 0.717) is 12.2 Å². The summed E-state index contributed by atoms with van der Waals surface area (Å²) >= 11 is 0. The third-order valence-corrected chi connectivity index (χ3v) is 5.83. The van der Waals surface area contributed by atoms with Gasteiger partial charge in [0.2, 0.25) is 0 Å². The van der Waals surface area contributed by atoms with E-state index in [-0.39, 0.29) is 5.41 Å². The molecule has 0 atom stereocenters. The van der Waals surface area contributed by atoms with Crippen molar-refractivity contribution in [3.05, 3.63) is 53.1 Å². The summed E-state index contributed by atoms with van der Waals surface area (Å²) in [7, 11) is 0. The van der Waals surface area contributed by atoms with Gasteiger partial charge >= 0.3 is 0 Å². The van der Waals surface area contributed by atoms with Gasteiger partial charge < -0.3 is 20.9 Å². The first-order valence-corrected chi connectivity index (χ1v) is 9.02. The van der Waals surface area contributed by atoms with Gasteiger partial charge in [-0.3, -0.25) is 4.79 Å². The molecule has 2 aromatic rings. The number of nitrogens with zero attached hydrogens (tertiary/aromatic N) is 3. The molecule has 3 heterocycles. The van der Waals surface area contributed by atoms with Gasteiger partial charge in [0, 0.05) is 19.6 Å². The standard InChI is InChI=1S/C19H25N5O/c20-8-12-23-10-6-19(7-11-23)15-4-2-1-3-14(15)5-9-24-16(17(21)25)13-22-18(19)24/h1-4,13H,5-12,20H2,(H2,21,25). The number of amides is 1. The number of likely N-dealkylation sites (tertiary alicyclic amines) is 1. The smallest absolute Gasteiger partial charge is 0.266 e. The number of primary amides is 1. The van der Waals surface area contributed by atoms with E-state index in [4.69, 9.17) is 16.5 Å². The second-order valence-electron chi connectivity index (χ2n) is 7.10. The Morgan fingerprint density at radius 1 is 1.20 bits per heavy atom. The molecule has 0 saturated carbocycles. The summed E-state index contributed by atoms with van der Waals surface area (Å²) in [6.45, 7) is 4.34. The molecule has 25 heavy (non-hydrogen) atoms. The summed E-state index contributed by atoms with van der Waals surface area (Å²) in [6, 6.07) is 8.65. The van der Waals surface area contributed by atoms with Crippen LogP contribution in [0.4, 0.5) is 0 Å². The third kappa shape index (κ3) is 2.56. The minimum atomic E-state index is -0.402. The molecule has 1 spiro atoms. The Kier molecular flexibility index (Phi) is 4.09. The summed E-state index contributed by atoms with van der Waals surface area (Å²) in [6.07, 6.45) is 4.52. The summed E-state index contributed by atoms with van der Waals surface area (Å²) < 4.78 is 2.06. The van der Waals surface area contributed by atoms with Crippen molar-refractivity contribution >= 4 is 5.91 Å². The highest BCUT2D eigenvalue weighted by molar-refractivity contribution is 5.91. The average Bonchev–Trinajstić information content (AvgIpc) is 3.01. The molecule has 2 aliphatic heterocycles. The molecule has 1 saturated heterocycles. The van der Waals surface area contributed by atoms with Gasteiger partial charge in [-0.15, -0.1) is 0 Å². The maximum absolute atomic E-state index is 11.9. The van der Waals surface area contributed by atoms with Gasteiger partial charge in [-0.1, -0.05) is 24.3 Å². The van der Waals surface area contributed by atoms with Crippen LogP contribution in [-0.4, -0.2) is 46.5 Å². The van der Waals surface area contributed by atoms with Gasteiger partial charge in [-0.25, -0.2) is 4.98 Å². The van der Waals surface area contributed by atoms with Crippen LogP contribution in [0.25, 0.3) is 0 Å². The highest BCUT2D eigenvalue weighted by Gasteiger charge is 2.44. The number of aryl methyl sites for hydroxylation is 1. The lowest BCUT2D eigenvalue weighted by Crippen LogP contribution is -2.46. The van der Waals surface area contributed by atoms with Crippen LogP contribution < -0.4 is 11.5 Å². The summed E-state index contributed by atoms with van der Waals surface area (Å²) in [5.74, 6) is 0.596. The quantitative estimate of drug-likeness (QED) is 0.868. The number of fused-ring (bicyclic) bond motifs is 4. The Bertz CT molecular complexity index is 789. The number of benzene rings is 1. The second-order valence-corrected chi connectivity index (χ2v) is 7.10. The molecule has 1 amide bonds. The van der Waals surface area contributed by atoms with Gasteiger partial charge in [-0.2, -0.15) is 0 Å². The largest absolute Gasteiger partial charge is 0.364 e. The van der Waals surface area contributed by atoms with Crippen molar-refractivity contribution in [2.75, 3.05) is 26.2 Å². The van der Waals surface area contributed by atoms with Gasteiger partial charge in [0.1, 0.15) is 11.5 Å². The molecule has 2 aliphatic rings. The molecular weight excluding hydrogens is 314 g/mol. The van der Waals surface area contributed by atoms with Crippen molar-refractivity contribution in [1.29, 1.82) is 0 Å². The molecule has 6 heteroatoms. The number of aromatic nitrogens is 2. The summed E-state index contributed by atoms with van der Waals surface area (Å²) in [4.78, 5) is 19.0. The maximum atomic E-state index is 11.9. The number of imidazole rings is 1. The molecule has 1 aromatic heterocycles. The first-order valence-electron chi connectivity index (χ1n) is 9.02. The van der Waals surface area contributed by atoms with Gasteiger partial charge in [0.25, 0.3) is 5.91 Å². The summed E-state index contributed by atoms with van der Waals surface area (Å²) in [5.41, 5.74) is 14.4. The zero-order valence-electron chi connectivity index (χ0n) is 14.4. The van der Waals surface area contributed by atoms with E-state index in [1.807, 2.05) is 0 Å². The number of hydrogen-bond donors (Lipinski definition) is 2. The molecule has 0 radical (unpaired) electrons. The van der Waals surface area contributed by atoms with E-state index in [0.717, 1.165) is 51.3 Å². The first kappa shape index (κ1) is 16.3. The van der Waals surface area contributed by atoms with Crippen molar-refractivity contribution < 1.29 is 4.79 Å². The molecule has 0 aliphatic carbocycles. The van der Waals surface area contributed by atoms with Crippen LogP contribution in [0.1, 0.15) is 40.3 Å². The maximum Gasteiger partial charge on any atom is 0.266 e. The van der Waals surface area contributed by atoms with Crippen LogP contribution in [0.15, 0.2) is 30.5 Å². The van der Waals surface area contributed by atoms with E-state index < -0.39 is 5.91 Å². The van der Waals surface area contributed by atoms with E-state index in [1.54, 1.807) is 6.20 Å². The van der Waals surface area contributed by atoms with Crippen LogP contribution in [0.2, 0.25) is 0 Å². The van der Waals surface area contributed by atoms with Crippen molar-refractivity contribution in [3.63, 3.8) is 0 Å². The van der Waals surface area contributed by atoms with Crippen molar-refractivity contribution in [3.8, 4) is 0 Å². The third-order valence-electron chi connectivity index (χ3n) is 5.83. The molecule has 0 unspecified atom stereocenters. The molecule has 0 bridgehead atoms. The minimum absolute atomic E-state index is 0.147. The predicted molar refractivity (Wildman–Crippen MR) is 96.4 cm³/mol. The van der Waals surface area contributed by atoms with E-state index >= 15 is 0 Å². The second kappa shape index (κ2) is 6.28. The molecule has 1 fully saturated rings. The van der Waals surface area contributed by atoms with E-state index in [9.17, 15) is 4.79 Å². The predicted octanol–water partition coefficient (Wildman–Crippen LogP) is 0.879. The number of carbonyl (C=O) groups excluding carboxylic acids is 1. The lowest BCUT2D eigenvalue weighted by atomic mass is 9.70. The first-order chi connectivity index (χ1) is 12.2. The SMILES string of the molecule is NCCN1CCC2(CC1)c1ccccc1CCn1c(C(N)=O)cnc12. The van der Waals surface area contributed by atoms with Crippen molar-refractivity contribution in [2.24, 2.45) is 11.5 Å². The monoisotopic (exact) mass is 339 g/mol. The highest BCUT2D eigenvalue weighted by atomic mass is 16.1. The Morgan fingerprint density at radius 3 is 2.68 bits per heavy atom. The number of piperidine rings is 1. The minimum Gasteiger partial charge on any atom is -0.364 e. The fourth-order valence-electron chi connectivity index (χ4n) is 4.57. The number of hydrogen-bond acceptors (Lipinski definition) is 4. The van der Waals surface area contributed by atoms with E-state index in [1.165, 1.54) is 11.1 Å². The number of nitrogens with two attached hydrogens (primary N) is 2. The molecular formula is C19H25N5O. The lowest BCUT2D eigenvalue weighted by Gasteiger charge is -2.42. The molecule has 1 aromatic carbocycles. The Morgan fingerprint density at radius 2 is 1.96 bits per heavy atom. The van der Waals surface area contributed by atoms with Crippen molar-refractivity contribution in [2.45, 2.75) is 31.2 Å². The van der Waals surface area contributed by atoms with Gasteiger partial charge in [-0.05, 0) is 43.5 Å². The van der Waals surface area contributed by atoms with Crippen molar-refractivity contribution in [1.82, 2.24) is 14.5 Å². The van der Waals surface area contributed by atoms with Gasteiger partial charge in [0.05, 0.1) is 11.6 Å². The molecule has 4 rings (SSSR count). The summed E-state index contributed by atoms with van der Waals surface area (Å²) in [5, 5.41) is 0. The van der Waals surface area contributed by atoms with Crippen LogP contribution >= 0.6 is 0 Å². The van der Waals surface area contributed by atoms with Crippen LogP contribution in [0, 0.1) is 0 Å². The van der Waals surface area contributed by atoms with Crippen LogP contribution in [-0.2, 0) is 18.4 Å². The fraction of sp³-hybridized carbons (Fsp3) is 0.474. The zero-order chi connectivity index (χ0) is 17.4. The van der Waals surface area contributed by atoms with Crippen LogP contribution in [0.5, 0.6) is 0 Å². The van der Waals surface area contributed by atoms with Crippen LogP contribution in [0.3, 0.4) is 0 Å². The molecule has 4 N–H and O–H groups in total. The number of rotatable bonds is 3. The molecule has 132 valence electrons. The number of carbonyl (C=O) groups is 1. The van der Waals surface area contributed by atoms with E-state index in [2.05, 4.69) is 33.7 Å². The highest BCUT2D eigenvalue weighted by Crippen LogP contribution is 2.44. The topological polar surface area (TPSA) is 90.2 Å². The Labute approximate surface area is 147 Å². The fourth-order valence-corrected chi connectivity index (χ4v) is 4.57. The Hall–Kier alpha value is -2.18. The lowest BCUT2D eigenvalue weighted by molar-refractivity contribution is 0.0990. The van der Waals surface area contributed by atoms with Gasteiger partial charge in [0.15, 0.2) is 0 Å². The zero-order valence-corrected chi connectivity index (χ0v) is 14.4. The Balaban J connectivity index is 1.83. The average molecular weight is 339 g/mol. The molecule has 6 nitrogen and oxygen atoms in total.